The summed E-state index contributed by atoms with van der Waals surface area (Å²) in [7, 11) is 0. The highest BCUT2D eigenvalue weighted by molar-refractivity contribution is 5.94. The molecule has 4 aromatic rings. The summed E-state index contributed by atoms with van der Waals surface area (Å²) in [5, 5.41) is 26.6. The summed E-state index contributed by atoms with van der Waals surface area (Å²) in [5.41, 5.74) is 3.02. The van der Waals surface area contributed by atoms with Gasteiger partial charge in [-0.2, -0.15) is 5.10 Å². The van der Waals surface area contributed by atoms with Crippen LogP contribution in [0.5, 0.6) is 0 Å². The van der Waals surface area contributed by atoms with Crippen LogP contribution in [0.3, 0.4) is 0 Å². The molecule has 0 fully saturated rings. The van der Waals surface area contributed by atoms with Gasteiger partial charge in [0.1, 0.15) is 11.4 Å². The predicted octanol–water partition coefficient (Wildman–Crippen LogP) is 2.99. The van der Waals surface area contributed by atoms with Gasteiger partial charge in [0.15, 0.2) is 11.5 Å². The molecule has 3 heterocycles. The molecule has 10 nitrogen and oxygen atoms in total. The molecule has 1 unspecified atom stereocenters. The van der Waals surface area contributed by atoms with Gasteiger partial charge in [-0.15, -0.1) is 10.2 Å². The fourth-order valence-corrected chi connectivity index (χ4v) is 3.54. The lowest BCUT2D eigenvalue weighted by atomic mass is 10.1. The summed E-state index contributed by atoms with van der Waals surface area (Å²) in [6.45, 7) is 5.53. The number of nitrogens with one attached hydrogen (secondary N) is 1. The van der Waals surface area contributed by atoms with Gasteiger partial charge in [0.25, 0.3) is 5.91 Å². The fourth-order valence-electron chi connectivity index (χ4n) is 3.54. The van der Waals surface area contributed by atoms with Crippen LogP contribution < -0.4 is 5.32 Å². The van der Waals surface area contributed by atoms with Gasteiger partial charge in [-0.1, -0.05) is 18.2 Å². The third kappa shape index (κ3) is 3.87. The lowest BCUT2D eigenvalue weighted by Crippen LogP contribution is -2.28. The number of carbonyl (C=O) groups excluding carboxylic acids is 1. The van der Waals surface area contributed by atoms with Crippen molar-refractivity contribution >= 4 is 17.2 Å². The molecule has 4 rings (SSSR count). The average molecular weight is 419 g/mol. The summed E-state index contributed by atoms with van der Waals surface area (Å²) >= 11 is 0. The van der Waals surface area contributed by atoms with E-state index in [9.17, 15) is 14.9 Å². The minimum Gasteiger partial charge on any atom is -0.342 e. The molecule has 31 heavy (non-hydrogen) atoms. The highest BCUT2D eigenvalue weighted by Crippen LogP contribution is 2.22. The van der Waals surface area contributed by atoms with Crippen molar-refractivity contribution in [1.82, 2.24) is 29.7 Å². The van der Waals surface area contributed by atoms with Crippen LogP contribution in [0.1, 0.15) is 46.1 Å². The number of carbonyl (C=O) groups is 1. The number of aryl methyl sites for hydroxylation is 1. The zero-order valence-electron chi connectivity index (χ0n) is 17.3. The van der Waals surface area contributed by atoms with E-state index in [1.165, 1.54) is 0 Å². The second-order valence-corrected chi connectivity index (χ2v) is 7.31. The quantitative estimate of drug-likeness (QED) is 0.379. The average Bonchev–Trinajstić information content (AvgIpc) is 3.29. The van der Waals surface area contributed by atoms with Crippen molar-refractivity contribution in [2.75, 3.05) is 0 Å². The molecule has 0 saturated carbocycles. The first-order chi connectivity index (χ1) is 14.8. The van der Waals surface area contributed by atoms with Crippen LogP contribution in [0.4, 0.5) is 5.69 Å². The molecule has 1 aromatic carbocycles. The van der Waals surface area contributed by atoms with E-state index in [2.05, 4.69) is 20.6 Å². The van der Waals surface area contributed by atoms with Crippen LogP contribution in [0.15, 0.2) is 48.7 Å². The monoisotopic (exact) mass is 419 g/mol. The smallest absolute Gasteiger partial charge is 0.312 e. The first-order valence-corrected chi connectivity index (χ1v) is 9.73. The molecule has 0 bridgehead atoms. The van der Waals surface area contributed by atoms with E-state index < -0.39 is 4.92 Å². The van der Waals surface area contributed by atoms with E-state index in [1.54, 1.807) is 30.7 Å². The number of fused-ring (bicyclic) bond motifs is 1. The van der Waals surface area contributed by atoms with E-state index in [4.69, 9.17) is 0 Å². The number of nitro groups is 1. The third-order valence-electron chi connectivity index (χ3n) is 5.15. The molecular formula is C21H21N7O3. The zero-order chi connectivity index (χ0) is 22.1. The Hall–Kier alpha value is -4.08. The van der Waals surface area contributed by atoms with E-state index >= 15 is 0 Å². The van der Waals surface area contributed by atoms with Gasteiger partial charge in [-0.25, -0.2) is 0 Å². The van der Waals surface area contributed by atoms with Gasteiger partial charge in [0.2, 0.25) is 0 Å². The predicted molar refractivity (Wildman–Crippen MR) is 113 cm³/mol. The van der Waals surface area contributed by atoms with Crippen molar-refractivity contribution in [3.63, 3.8) is 0 Å². The molecule has 0 radical (unpaired) electrons. The molecule has 0 saturated heterocycles. The Kier molecular flexibility index (Phi) is 5.20. The summed E-state index contributed by atoms with van der Waals surface area (Å²) in [6.07, 6.45) is 1.85. The van der Waals surface area contributed by atoms with Crippen LogP contribution in [0.2, 0.25) is 0 Å². The van der Waals surface area contributed by atoms with Crippen molar-refractivity contribution in [1.29, 1.82) is 0 Å². The Labute approximate surface area is 177 Å². The fraction of sp³-hybridized carbons (Fsp3) is 0.238. The first-order valence-electron chi connectivity index (χ1n) is 9.73. The summed E-state index contributed by atoms with van der Waals surface area (Å²) < 4.78 is 3.43. The minimum atomic E-state index is -0.415. The third-order valence-corrected chi connectivity index (χ3v) is 5.15. The highest BCUT2D eigenvalue weighted by Gasteiger charge is 2.22. The van der Waals surface area contributed by atoms with Crippen LogP contribution in [-0.2, 0) is 6.54 Å². The molecule has 1 N–H and O–H groups in total. The van der Waals surface area contributed by atoms with Crippen LogP contribution in [-0.4, -0.2) is 35.2 Å². The maximum Gasteiger partial charge on any atom is 0.312 e. The topological polar surface area (TPSA) is 120 Å². The lowest BCUT2D eigenvalue weighted by Gasteiger charge is -2.13. The van der Waals surface area contributed by atoms with Gasteiger partial charge < -0.3 is 5.32 Å². The molecule has 3 aromatic heterocycles. The molecule has 1 atom stereocenters. The van der Waals surface area contributed by atoms with Crippen molar-refractivity contribution < 1.29 is 9.72 Å². The first kappa shape index (κ1) is 20.2. The SMILES string of the molecule is Cc1nn(Cc2ccc(C(=O)NC(C)c3nnc4ccccn34)cc2)c(C)c1[N+](=O)[O-]. The standard InChI is InChI=1S/C21H21N7O3/c1-13-19(28(30)31)15(3)27(25-13)12-16-7-9-17(10-8-16)21(29)22-14(2)20-24-23-18-6-4-5-11-26(18)20/h4-11,14H,12H2,1-3H3,(H,22,29). The second kappa shape index (κ2) is 7.98. The number of amides is 1. The number of rotatable bonds is 6. The van der Waals surface area contributed by atoms with Crippen LogP contribution >= 0.6 is 0 Å². The minimum absolute atomic E-state index is 0.0333. The second-order valence-electron chi connectivity index (χ2n) is 7.31. The Morgan fingerprint density at radius 2 is 1.90 bits per heavy atom. The largest absolute Gasteiger partial charge is 0.342 e. The van der Waals surface area contributed by atoms with E-state index in [0.717, 1.165) is 5.56 Å². The number of hydrogen-bond donors (Lipinski definition) is 1. The summed E-state index contributed by atoms with van der Waals surface area (Å²) in [5.74, 6) is 0.417. The molecule has 0 aliphatic carbocycles. The van der Waals surface area contributed by atoms with Gasteiger partial charge in [0, 0.05) is 11.8 Å². The number of nitrogens with zero attached hydrogens (tertiary/aromatic N) is 6. The van der Waals surface area contributed by atoms with Crippen molar-refractivity contribution in [3.8, 4) is 0 Å². The number of hydrogen-bond acceptors (Lipinski definition) is 6. The zero-order valence-corrected chi connectivity index (χ0v) is 17.3. The van der Waals surface area contributed by atoms with Gasteiger partial charge >= 0.3 is 5.69 Å². The maximum absolute atomic E-state index is 12.7. The summed E-state index contributed by atoms with van der Waals surface area (Å²) in [6, 6.07) is 12.3. The van der Waals surface area contributed by atoms with Gasteiger partial charge in [-0.05, 0) is 50.6 Å². The highest BCUT2D eigenvalue weighted by atomic mass is 16.6. The van der Waals surface area contributed by atoms with Gasteiger partial charge in [-0.3, -0.25) is 24.0 Å². The number of aromatic nitrogens is 5. The van der Waals surface area contributed by atoms with Crippen molar-refractivity contribution in [2.45, 2.75) is 33.4 Å². The van der Waals surface area contributed by atoms with E-state index in [-0.39, 0.29) is 17.6 Å². The molecule has 10 heteroatoms. The van der Waals surface area contributed by atoms with Crippen molar-refractivity contribution in [2.24, 2.45) is 0 Å². The Balaban J connectivity index is 1.46. The molecule has 0 aliphatic heterocycles. The van der Waals surface area contributed by atoms with Crippen LogP contribution in [0, 0.1) is 24.0 Å². The molecular weight excluding hydrogens is 398 g/mol. The lowest BCUT2D eigenvalue weighted by molar-refractivity contribution is -0.386. The molecule has 0 aliphatic rings. The van der Waals surface area contributed by atoms with Gasteiger partial charge in [0.05, 0.1) is 17.5 Å². The Morgan fingerprint density at radius 3 is 2.58 bits per heavy atom. The van der Waals surface area contributed by atoms with E-state index in [1.807, 2.05) is 47.9 Å². The molecule has 0 spiro atoms. The van der Waals surface area contributed by atoms with Crippen LogP contribution in [0.25, 0.3) is 5.65 Å². The molecule has 1 amide bonds. The maximum atomic E-state index is 12.7. The number of benzene rings is 1. The van der Waals surface area contributed by atoms with Crippen molar-refractivity contribution in [3.05, 3.63) is 87.1 Å². The molecule has 158 valence electrons. The Morgan fingerprint density at radius 1 is 1.16 bits per heavy atom. The normalized spacial score (nSPS) is 12.1. The van der Waals surface area contributed by atoms with E-state index in [0.29, 0.717) is 35.0 Å². The number of pyridine rings is 1. The summed E-state index contributed by atoms with van der Waals surface area (Å²) in [4.78, 5) is 23.4. The Bertz CT molecular complexity index is 1270.